The monoisotopic (exact) mass is 368 g/mol. The molecule has 0 unspecified atom stereocenters. The van der Waals surface area contributed by atoms with Crippen LogP contribution in [0.15, 0.2) is 48.5 Å². The maximum absolute atomic E-state index is 13.6. The van der Waals surface area contributed by atoms with Crippen molar-refractivity contribution in [1.29, 1.82) is 0 Å². The first kappa shape index (κ1) is 19.8. The van der Waals surface area contributed by atoms with E-state index >= 15 is 0 Å². The third-order valence-corrected chi connectivity index (χ3v) is 3.90. The molecule has 0 aliphatic rings. The molecule has 2 rings (SSSR count). The van der Waals surface area contributed by atoms with E-state index < -0.39 is 11.7 Å². The summed E-state index contributed by atoms with van der Waals surface area (Å²) in [5, 5.41) is 2.75. The van der Waals surface area contributed by atoms with Gasteiger partial charge in [-0.2, -0.15) is 13.2 Å². The maximum atomic E-state index is 13.6. The molecule has 140 valence electrons. The zero-order valence-corrected chi connectivity index (χ0v) is 14.5. The second kappa shape index (κ2) is 8.21. The number of nitrogens with one attached hydrogen (secondary N) is 1. The number of hydrogen-bond acceptors (Lipinski definition) is 1. The van der Waals surface area contributed by atoms with Gasteiger partial charge in [0.1, 0.15) is 5.82 Å². The van der Waals surface area contributed by atoms with E-state index in [9.17, 15) is 22.4 Å². The molecule has 0 saturated heterocycles. The Kier molecular flexibility index (Phi) is 6.23. The fraction of sp³-hybridized carbons (Fsp3) is 0.316. The van der Waals surface area contributed by atoms with Crippen LogP contribution in [0.1, 0.15) is 23.6 Å². The standard InChI is InChI=1S/C19H20F4N2O/c1-13(11-15-5-3-4-6-17(15)20)24-18(26)25(2)12-14-7-9-16(10-8-14)19(21,22)23/h3-10,13H,11-12H2,1-2H3,(H,24,26)/t13-/m0/s1. The zero-order valence-electron chi connectivity index (χ0n) is 14.5. The van der Waals surface area contributed by atoms with Crippen LogP contribution in [0.2, 0.25) is 0 Å². The average molecular weight is 368 g/mol. The Balaban J connectivity index is 1.90. The normalized spacial score (nSPS) is 12.5. The van der Waals surface area contributed by atoms with Crippen molar-refractivity contribution in [2.75, 3.05) is 7.05 Å². The van der Waals surface area contributed by atoms with E-state index in [1.165, 1.54) is 23.1 Å². The molecule has 0 radical (unpaired) electrons. The van der Waals surface area contributed by atoms with Gasteiger partial charge in [0.25, 0.3) is 0 Å². The molecule has 7 heteroatoms. The van der Waals surface area contributed by atoms with E-state index in [1.807, 2.05) is 0 Å². The van der Waals surface area contributed by atoms with E-state index in [1.54, 1.807) is 32.2 Å². The van der Waals surface area contributed by atoms with Crippen molar-refractivity contribution in [3.8, 4) is 0 Å². The fourth-order valence-electron chi connectivity index (χ4n) is 2.51. The highest BCUT2D eigenvalue weighted by atomic mass is 19.4. The summed E-state index contributed by atoms with van der Waals surface area (Å²) in [5.41, 5.74) is 0.356. The third kappa shape index (κ3) is 5.47. The molecule has 2 amide bonds. The van der Waals surface area contributed by atoms with Gasteiger partial charge in [-0.1, -0.05) is 30.3 Å². The number of nitrogens with zero attached hydrogens (tertiary/aromatic N) is 1. The molecule has 0 heterocycles. The minimum absolute atomic E-state index is 0.163. The van der Waals surface area contributed by atoms with Crippen molar-refractivity contribution in [2.45, 2.75) is 32.1 Å². The number of carbonyl (C=O) groups excluding carboxylic acids is 1. The Morgan fingerprint density at radius 3 is 2.31 bits per heavy atom. The van der Waals surface area contributed by atoms with E-state index in [0.717, 1.165) is 12.1 Å². The van der Waals surface area contributed by atoms with Gasteiger partial charge in [0.15, 0.2) is 0 Å². The van der Waals surface area contributed by atoms with Gasteiger partial charge in [0, 0.05) is 19.6 Å². The van der Waals surface area contributed by atoms with Gasteiger partial charge >= 0.3 is 12.2 Å². The molecule has 0 spiro atoms. The van der Waals surface area contributed by atoms with Crippen LogP contribution in [0.3, 0.4) is 0 Å². The number of urea groups is 1. The van der Waals surface area contributed by atoms with Crippen molar-refractivity contribution < 1.29 is 22.4 Å². The van der Waals surface area contributed by atoms with Crippen molar-refractivity contribution in [3.63, 3.8) is 0 Å². The van der Waals surface area contributed by atoms with Crippen LogP contribution in [0, 0.1) is 5.82 Å². The van der Waals surface area contributed by atoms with Crippen molar-refractivity contribution in [3.05, 3.63) is 71.0 Å². The summed E-state index contributed by atoms with van der Waals surface area (Å²) in [6, 6.07) is 10.3. The first-order chi connectivity index (χ1) is 12.2. The summed E-state index contributed by atoms with van der Waals surface area (Å²) >= 11 is 0. The van der Waals surface area contributed by atoms with E-state index in [2.05, 4.69) is 5.32 Å². The number of hydrogen-bond donors (Lipinski definition) is 1. The number of rotatable bonds is 5. The predicted molar refractivity (Wildman–Crippen MR) is 91.0 cm³/mol. The second-order valence-electron chi connectivity index (χ2n) is 6.20. The summed E-state index contributed by atoms with van der Waals surface area (Å²) < 4.78 is 51.3. The third-order valence-electron chi connectivity index (χ3n) is 3.90. The molecule has 0 aliphatic carbocycles. The van der Waals surface area contributed by atoms with E-state index in [0.29, 0.717) is 17.5 Å². The number of halogens is 4. The summed E-state index contributed by atoms with van der Waals surface area (Å²) in [6.07, 6.45) is -4.05. The van der Waals surface area contributed by atoms with Gasteiger partial charge in [-0.05, 0) is 42.7 Å². The Morgan fingerprint density at radius 1 is 1.12 bits per heavy atom. The lowest BCUT2D eigenvalue weighted by Crippen LogP contribution is -2.42. The van der Waals surface area contributed by atoms with Crippen LogP contribution in [-0.4, -0.2) is 24.0 Å². The van der Waals surface area contributed by atoms with Crippen LogP contribution >= 0.6 is 0 Å². The number of amides is 2. The van der Waals surface area contributed by atoms with Crippen LogP contribution in [-0.2, 0) is 19.1 Å². The molecule has 0 saturated carbocycles. The molecule has 2 aromatic carbocycles. The molecule has 1 atom stereocenters. The van der Waals surface area contributed by atoms with E-state index in [4.69, 9.17) is 0 Å². The van der Waals surface area contributed by atoms with Crippen molar-refractivity contribution >= 4 is 6.03 Å². The zero-order chi connectivity index (χ0) is 19.3. The molecule has 3 nitrogen and oxygen atoms in total. The molecule has 0 aromatic heterocycles. The Morgan fingerprint density at radius 2 is 1.73 bits per heavy atom. The van der Waals surface area contributed by atoms with Crippen LogP contribution in [0.25, 0.3) is 0 Å². The highest BCUT2D eigenvalue weighted by Crippen LogP contribution is 2.29. The fourth-order valence-corrected chi connectivity index (χ4v) is 2.51. The lowest BCUT2D eigenvalue weighted by molar-refractivity contribution is -0.137. The quantitative estimate of drug-likeness (QED) is 0.768. The minimum atomic E-state index is -4.38. The van der Waals surface area contributed by atoms with Gasteiger partial charge < -0.3 is 10.2 Å². The molecule has 26 heavy (non-hydrogen) atoms. The smallest absolute Gasteiger partial charge is 0.335 e. The Hall–Kier alpha value is -2.57. The Bertz CT molecular complexity index is 744. The van der Waals surface area contributed by atoms with E-state index in [-0.39, 0.29) is 24.4 Å². The number of carbonyl (C=O) groups is 1. The summed E-state index contributed by atoms with van der Waals surface area (Å²) in [6.45, 7) is 1.92. The molecule has 2 aromatic rings. The van der Waals surface area contributed by atoms with Crippen molar-refractivity contribution in [1.82, 2.24) is 10.2 Å². The first-order valence-corrected chi connectivity index (χ1v) is 8.08. The van der Waals surface area contributed by atoms with Crippen LogP contribution < -0.4 is 5.32 Å². The molecule has 0 fully saturated rings. The predicted octanol–water partition coefficient (Wildman–Crippen LogP) is 4.62. The first-order valence-electron chi connectivity index (χ1n) is 8.08. The SMILES string of the molecule is C[C@@H](Cc1ccccc1F)NC(=O)N(C)Cc1ccc(C(F)(F)F)cc1. The van der Waals surface area contributed by atoms with Crippen LogP contribution in [0.5, 0.6) is 0 Å². The van der Waals surface area contributed by atoms with Gasteiger partial charge in [-0.15, -0.1) is 0 Å². The highest BCUT2D eigenvalue weighted by molar-refractivity contribution is 5.74. The lowest BCUT2D eigenvalue weighted by Gasteiger charge is -2.22. The summed E-state index contributed by atoms with van der Waals surface area (Å²) in [4.78, 5) is 13.6. The topological polar surface area (TPSA) is 32.3 Å². The minimum Gasteiger partial charge on any atom is -0.335 e. The lowest BCUT2D eigenvalue weighted by atomic mass is 10.1. The molecule has 0 aliphatic heterocycles. The van der Waals surface area contributed by atoms with Gasteiger partial charge in [-0.3, -0.25) is 0 Å². The van der Waals surface area contributed by atoms with Gasteiger partial charge in [0.2, 0.25) is 0 Å². The number of benzene rings is 2. The maximum Gasteiger partial charge on any atom is 0.416 e. The molecular weight excluding hydrogens is 348 g/mol. The van der Waals surface area contributed by atoms with Gasteiger partial charge in [0.05, 0.1) is 5.56 Å². The average Bonchev–Trinajstić information content (AvgIpc) is 2.56. The largest absolute Gasteiger partial charge is 0.416 e. The molecule has 0 bridgehead atoms. The number of alkyl halides is 3. The highest BCUT2D eigenvalue weighted by Gasteiger charge is 2.30. The second-order valence-corrected chi connectivity index (χ2v) is 6.20. The summed E-state index contributed by atoms with van der Waals surface area (Å²) in [5.74, 6) is -0.327. The summed E-state index contributed by atoms with van der Waals surface area (Å²) in [7, 11) is 1.54. The van der Waals surface area contributed by atoms with Crippen molar-refractivity contribution in [2.24, 2.45) is 0 Å². The Labute approximate surface area is 149 Å². The van der Waals surface area contributed by atoms with Crippen LogP contribution in [0.4, 0.5) is 22.4 Å². The van der Waals surface area contributed by atoms with Gasteiger partial charge in [-0.25, -0.2) is 9.18 Å². The molecule has 1 N–H and O–H groups in total. The molecular formula is C19H20F4N2O.